The summed E-state index contributed by atoms with van der Waals surface area (Å²) in [5.74, 6) is 0.635. The quantitative estimate of drug-likeness (QED) is 0.835. The molecule has 3 rings (SSSR count). The molecule has 1 aromatic heterocycles. The first-order chi connectivity index (χ1) is 9.74. The predicted octanol–water partition coefficient (Wildman–Crippen LogP) is 3.61. The second-order valence-corrected chi connectivity index (χ2v) is 5.39. The minimum atomic E-state index is -0.232. The summed E-state index contributed by atoms with van der Waals surface area (Å²) in [6.45, 7) is 3.95. The van der Waals surface area contributed by atoms with Crippen molar-refractivity contribution in [3.63, 3.8) is 0 Å². The van der Waals surface area contributed by atoms with Gasteiger partial charge in [-0.05, 0) is 38.3 Å². The molecule has 0 atom stereocenters. The third kappa shape index (κ3) is 2.62. The first-order valence-electron chi connectivity index (χ1n) is 7.20. The molecule has 0 spiro atoms. The van der Waals surface area contributed by atoms with Gasteiger partial charge in [-0.1, -0.05) is 29.8 Å². The first kappa shape index (κ1) is 13.0. The number of rotatable bonds is 2. The monoisotopic (exact) mass is 269 g/mol. The zero-order valence-electron chi connectivity index (χ0n) is 11.8. The topological polar surface area (TPSA) is 33.5 Å². The molecule has 2 aromatic rings. The second-order valence-electron chi connectivity index (χ2n) is 5.39. The molecule has 0 aliphatic carbocycles. The van der Waals surface area contributed by atoms with Crippen molar-refractivity contribution in [3.05, 3.63) is 52.4 Å². The van der Waals surface area contributed by atoms with Crippen LogP contribution in [0.4, 0.5) is 5.69 Å². The molecular weight excluding hydrogens is 250 g/mol. The van der Waals surface area contributed by atoms with Crippen LogP contribution in [-0.4, -0.2) is 13.1 Å². The van der Waals surface area contributed by atoms with E-state index in [4.69, 9.17) is 4.42 Å². The van der Waals surface area contributed by atoms with Gasteiger partial charge in [0.15, 0.2) is 0 Å². The van der Waals surface area contributed by atoms with Crippen LogP contribution in [0, 0.1) is 6.92 Å². The predicted molar refractivity (Wildman–Crippen MR) is 81.2 cm³/mol. The Labute approximate surface area is 118 Å². The normalized spacial score (nSPS) is 15.3. The van der Waals surface area contributed by atoms with Gasteiger partial charge in [0.2, 0.25) is 0 Å². The van der Waals surface area contributed by atoms with Crippen LogP contribution >= 0.6 is 0 Å². The van der Waals surface area contributed by atoms with E-state index in [1.807, 2.05) is 43.3 Å². The van der Waals surface area contributed by atoms with Gasteiger partial charge in [-0.15, -0.1) is 0 Å². The zero-order valence-corrected chi connectivity index (χ0v) is 11.8. The lowest BCUT2D eigenvalue weighted by molar-refractivity contribution is 0.512. The summed E-state index contributed by atoms with van der Waals surface area (Å²) >= 11 is 0. The number of nitrogens with zero attached hydrogens (tertiary/aromatic N) is 1. The van der Waals surface area contributed by atoms with Crippen molar-refractivity contribution in [2.24, 2.45) is 0 Å². The Kier molecular flexibility index (Phi) is 3.59. The number of benzene rings is 1. The van der Waals surface area contributed by atoms with E-state index in [9.17, 15) is 4.79 Å². The van der Waals surface area contributed by atoms with Crippen molar-refractivity contribution >= 4 is 5.69 Å². The van der Waals surface area contributed by atoms with Crippen LogP contribution in [-0.2, 0) is 0 Å². The van der Waals surface area contributed by atoms with E-state index in [0.29, 0.717) is 11.4 Å². The number of hydrogen-bond acceptors (Lipinski definition) is 3. The molecule has 3 heteroatoms. The summed E-state index contributed by atoms with van der Waals surface area (Å²) in [6.07, 6.45) is 3.56. The highest BCUT2D eigenvalue weighted by atomic mass is 16.4. The van der Waals surface area contributed by atoms with Crippen molar-refractivity contribution in [1.82, 2.24) is 0 Å². The van der Waals surface area contributed by atoms with Gasteiger partial charge in [-0.25, -0.2) is 4.79 Å². The van der Waals surface area contributed by atoms with E-state index in [1.165, 1.54) is 12.0 Å². The number of hydrogen-bond donors (Lipinski definition) is 0. The zero-order chi connectivity index (χ0) is 13.9. The first-order valence-corrected chi connectivity index (χ1v) is 7.20. The van der Waals surface area contributed by atoms with Crippen molar-refractivity contribution < 1.29 is 4.42 Å². The molecule has 2 heterocycles. The minimum Gasteiger partial charge on any atom is -0.421 e. The van der Waals surface area contributed by atoms with E-state index >= 15 is 0 Å². The number of aryl methyl sites for hydroxylation is 1. The highest BCUT2D eigenvalue weighted by Gasteiger charge is 2.15. The Balaban J connectivity index is 1.90. The van der Waals surface area contributed by atoms with Gasteiger partial charge in [0.05, 0.1) is 0 Å². The number of piperidine rings is 1. The van der Waals surface area contributed by atoms with Crippen molar-refractivity contribution in [2.45, 2.75) is 26.2 Å². The Hall–Kier alpha value is -2.03. The van der Waals surface area contributed by atoms with E-state index in [1.54, 1.807) is 0 Å². The Morgan fingerprint density at radius 1 is 0.950 bits per heavy atom. The molecule has 0 N–H and O–H groups in total. The summed E-state index contributed by atoms with van der Waals surface area (Å²) in [7, 11) is 0. The Morgan fingerprint density at radius 3 is 2.30 bits per heavy atom. The van der Waals surface area contributed by atoms with Crippen molar-refractivity contribution in [2.75, 3.05) is 18.0 Å². The molecule has 0 saturated carbocycles. The standard InChI is InChI=1S/C17H19NO2/c1-13-5-7-14(8-6-13)16-10-9-15(17(19)20-16)18-11-3-2-4-12-18/h5-10H,2-4,11-12H2,1H3. The third-order valence-corrected chi connectivity index (χ3v) is 3.84. The van der Waals surface area contributed by atoms with Crippen LogP contribution in [0.25, 0.3) is 11.3 Å². The smallest absolute Gasteiger partial charge is 0.360 e. The fourth-order valence-electron chi connectivity index (χ4n) is 2.65. The van der Waals surface area contributed by atoms with Crippen LogP contribution in [0.3, 0.4) is 0 Å². The fraction of sp³-hybridized carbons (Fsp3) is 0.353. The molecule has 1 fully saturated rings. The molecule has 0 radical (unpaired) electrons. The average molecular weight is 269 g/mol. The molecule has 3 nitrogen and oxygen atoms in total. The van der Waals surface area contributed by atoms with E-state index in [2.05, 4.69) is 4.90 Å². The van der Waals surface area contributed by atoms with Crippen LogP contribution in [0.1, 0.15) is 24.8 Å². The molecule has 0 bridgehead atoms. The van der Waals surface area contributed by atoms with Crippen LogP contribution < -0.4 is 10.5 Å². The Bertz CT molecular complexity index is 637. The van der Waals surface area contributed by atoms with Crippen LogP contribution in [0.15, 0.2) is 45.6 Å². The summed E-state index contributed by atoms with van der Waals surface area (Å²) in [5.41, 5.74) is 2.60. The van der Waals surface area contributed by atoms with Gasteiger partial charge < -0.3 is 9.32 Å². The lowest BCUT2D eigenvalue weighted by Crippen LogP contribution is -2.32. The van der Waals surface area contributed by atoms with E-state index in [-0.39, 0.29) is 5.63 Å². The highest BCUT2D eigenvalue weighted by Crippen LogP contribution is 2.22. The molecule has 20 heavy (non-hydrogen) atoms. The maximum atomic E-state index is 12.2. The van der Waals surface area contributed by atoms with Gasteiger partial charge >= 0.3 is 5.63 Å². The van der Waals surface area contributed by atoms with Gasteiger partial charge in [-0.3, -0.25) is 0 Å². The van der Waals surface area contributed by atoms with Gasteiger partial charge in [0.1, 0.15) is 11.4 Å². The van der Waals surface area contributed by atoms with Crippen LogP contribution in [0.5, 0.6) is 0 Å². The molecule has 1 aliphatic rings. The summed E-state index contributed by atoms with van der Waals surface area (Å²) in [6, 6.07) is 11.8. The molecule has 0 unspecified atom stereocenters. The molecule has 0 amide bonds. The van der Waals surface area contributed by atoms with Gasteiger partial charge in [0, 0.05) is 18.7 Å². The minimum absolute atomic E-state index is 0.232. The van der Waals surface area contributed by atoms with Crippen molar-refractivity contribution in [3.8, 4) is 11.3 Å². The molecular formula is C17H19NO2. The van der Waals surface area contributed by atoms with E-state index < -0.39 is 0 Å². The highest BCUT2D eigenvalue weighted by molar-refractivity contribution is 5.59. The molecule has 1 aliphatic heterocycles. The maximum absolute atomic E-state index is 12.2. The van der Waals surface area contributed by atoms with Gasteiger partial charge in [-0.2, -0.15) is 0 Å². The SMILES string of the molecule is Cc1ccc(-c2ccc(N3CCCCC3)c(=O)o2)cc1. The number of anilines is 1. The average Bonchev–Trinajstić information content (AvgIpc) is 2.49. The summed E-state index contributed by atoms with van der Waals surface area (Å²) in [4.78, 5) is 14.3. The fourth-order valence-corrected chi connectivity index (χ4v) is 2.65. The van der Waals surface area contributed by atoms with Gasteiger partial charge in [0.25, 0.3) is 0 Å². The van der Waals surface area contributed by atoms with Crippen LogP contribution in [0.2, 0.25) is 0 Å². The Morgan fingerprint density at radius 2 is 1.65 bits per heavy atom. The lowest BCUT2D eigenvalue weighted by Gasteiger charge is -2.27. The largest absolute Gasteiger partial charge is 0.421 e. The maximum Gasteiger partial charge on any atom is 0.360 e. The van der Waals surface area contributed by atoms with E-state index in [0.717, 1.165) is 31.5 Å². The van der Waals surface area contributed by atoms with Crippen molar-refractivity contribution in [1.29, 1.82) is 0 Å². The summed E-state index contributed by atoms with van der Waals surface area (Å²) in [5, 5.41) is 0. The summed E-state index contributed by atoms with van der Waals surface area (Å²) < 4.78 is 5.49. The molecule has 104 valence electrons. The third-order valence-electron chi connectivity index (χ3n) is 3.84. The lowest BCUT2D eigenvalue weighted by atomic mass is 10.1. The molecule has 1 saturated heterocycles. The second kappa shape index (κ2) is 5.53. The molecule has 1 aromatic carbocycles.